The number of aryl methyl sites for hydroxylation is 1. The smallest absolute Gasteiger partial charge is 0.348 e. The van der Waals surface area contributed by atoms with Crippen LogP contribution in [0.1, 0.15) is 45.2 Å². The number of fused-ring (bicyclic) bond motifs is 1. The lowest BCUT2D eigenvalue weighted by molar-refractivity contribution is 0.650. The summed E-state index contributed by atoms with van der Waals surface area (Å²) in [4.78, 5) is 16.8. The average molecular weight is 311 g/mol. The lowest BCUT2D eigenvalue weighted by atomic mass is 10.0. The van der Waals surface area contributed by atoms with E-state index < -0.39 is 0 Å². The number of aromatic nitrogens is 2. The summed E-state index contributed by atoms with van der Waals surface area (Å²) in [5.74, 6) is 0.227. The molecule has 1 aromatic heterocycles. The van der Waals surface area contributed by atoms with Crippen molar-refractivity contribution in [2.45, 2.75) is 46.1 Å². The zero-order valence-corrected chi connectivity index (χ0v) is 14.2. The van der Waals surface area contributed by atoms with Crippen LogP contribution in [0.4, 0.5) is 0 Å². The van der Waals surface area contributed by atoms with E-state index in [1.54, 1.807) is 10.8 Å². The Kier molecular flexibility index (Phi) is 5.74. The maximum atomic E-state index is 12.5. The van der Waals surface area contributed by atoms with Crippen molar-refractivity contribution in [3.8, 4) is 0 Å². The highest BCUT2D eigenvalue weighted by molar-refractivity contribution is 5.81. The highest BCUT2D eigenvalue weighted by atomic mass is 16.1. The van der Waals surface area contributed by atoms with Crippen LogP contribution < -0.4 is 11.0 Å². The molecule has 122 valence electrons. The fourth-order valence-corrected chi connectivity index (χ4v) is 2.69. The molecule has 23 heavy (non-hydrogen) atoms. The number of nitrogens with zero attached hydrogens (tertiary/aromatic N) is 2. The number of nitrogens with one attached hydrogen (secondary N) is 1. The molecule has 1 N–H and O–H groups in total. The molecule has 0 saturated carbocycles. The molecule has 0 atom stereocenters. The average Bonchev–Trinajstić information content (AvgIpc) is 2.55. The van der Waals surface area contributed by atoms with E-state index in [-0.39, 0.29) is 11.6 Å². The van der Waals surface area contributed by atoms with Gasteiger partial charge in [0.2, 0.25) is 0 Å². The Hall–Kier alpha value is -2.36. The van der Waals surface area contributed by atoms with E-state index in [4.69, 9.17) is 0 Å². The molecule has 4 nitrogen and oxygen atoms in total. The van der Waals surface area contributed by atoms with Crippen LogP contribution in [0.15, 0.2) is 53.6 Å². The van der Waals surface area contributed by atoms with Gasteiger partial charge in [0.05, 0.1) is 11.2 Å². The summed E-state index contributed by atoms with van der Waals surface area (Å²) in [6.45, 7) is 10.5. The van der Waals surface area contributed by atoms with Crippen molar-refractivity contribution in [2.75, 3.05) is 0 Å². The lowest BCUT2D eigenvalue weighted by Crippen LogP contribution is -2.25. The first kappa shape index (κ1) is 17.0. The fourth-order valence-electron chi connectivity index (χ4n) is 2.69. The maximum absolute atomic E-state index is 12.5. The first-order valence-electron chi connectivity index (χ1n) is 8.12. The Morgan fingerprint density at radius 2 is 2.13 bits per heavy atom. The van der Waals surface area contributed by atoms with Gasteiger partial charge in [0, 0.05) is 11.9 Å². The molecule has 4 heteroatoms. The minimum Gasteiger partial charge on any atom is -0.368 e. The summed E-state index contributed by atoms with van der Waals surface area (Å²) in [6.07, 6.45) is 5.35. The van der Waals surface area contributed by atoms with Crippen molar-refractivity contribution in [3.63, 3.8) is 0 Å². The molecule has 0 aliphatic heterocycles. The number of hydrogen-bond acceptors (Lipinski definition) is 3. The Morgan fingerprint density at radius 1 is 1.39 bits per heavy atom. The summed E-state index contributed by atoms with van der Waals surface area (Å²) < 4.78 is 1.78. The van der Waals surface area contributed by atoms with Crippen molar-refractivity contribution in [1.29, 1.82) is 0 Å². The maximum Gasteiger partial charge on any atom is 0.348 e. The van der Waals surface area contributed by atoms with Crippen LogP contribution >= 0.6 is 0 Å². The van der Waals surface area contributed by atoms with E-state index >= 15 is 0 Å². The third-order valence-corrected chi connectivity index (χ3v) is 3.98. The molecular formula is C19H25N3O. The van der Waals surface area contributed by atoms with Crippen molar-refractivity contribution >= 4 is 10.9 Å². The van der Waals surface area contributed by atoms with E-state index in [9.17, 15) is 4.79 Å². The van der Waals surface area contributed by atoms with E-state index in [2.05, 4.69) is 37.7 Å². The van der Waals surface area contributed by atoms with Crippen molar-refractivity contribution in [3.05, 3.63) is 65.0 Å². The van der Waals surface area contributed by atoms with Gasteiger partial charge in [-0.2, -0.15) is 4.98 Å². The van der Waals surface area contributed by atoms with Gasteiger partial charge < -0.3 is 5.32 Å². The largest absolute Gasteiger partial charge is 0.368 e. The normalized spacial score (nSPS) is 11.9. The molecule has 1 aromatic carbocycles. The topological polar surface area (TPSA) is 46.9 Å². The van der Waals surface area contributed by atoms with Crippen LogP contribution in [0.5, 0.6) is 0 Å². The van der Waals surface area contributed by atoms with Gasteiger partial charge in [0.15, 0.2) is 0 Å². The Labute approximate surface area is 137 Å². The minimum atomic E-state index is -0.167. The van der Waals surface area contributed by atoms with Gasteiger partial charge in [0.1, 0.15) is 0 Å². The van der Waals surface area contributed by atoms with Crippen molar-refractivity contribution < 1.29 is 0 Å². The first-order chi connectivity index (χ1) is 11.1. The van der Waals surface area contributed by atoms with Crippen LogP contribution in [0.3, 0.4) is 0 Å². The predicted molar refractivity (Wildman–Crippen MR) is 96.4 cm³/mol. The van der Waals surface area contributed by atoms with Gasteiger partial charge in [-0.25, -0.2) is 4.79 Å². The van der Waals surface area contributed by atoms with E-state index in [0.29, 0.717) is 6.54 Å². The molecule has 1 heterocycles. The summed E-state index contributed by atoms with van der Waals surface area (Å²) in [6, 6.07) is 8.01. The predicted octanol–water partition coefficient (Wildman–Crippen LogP) is 3.94. The number of benzene rings is 1. The molecule has 0 fully saturated rings. The monoisotopic (exact) mass is 311 g/mol. The van der Waals surface area contributed by atoms with Crippen LogP contribution in [-0.2, 0) is 6.54 Å². The van der Waals surface area contributed by atoms with E-state index in [1.165, 1.54) is 5.57 Å². The summed E-state index contributed by atoms with van der Waals surface area (Å²) in [5, 5.41) is 4.07. The lowest BCUT2D eigenvalue weighted by Gasteiger charge is -2.15. The molecule has 0 saturated heterocycles. The summed E-state index contributed by atoms with van der Waals surface area (Å²) in [7, 11) is 0. The van der Waals surface area contributed by atoms with E-state index in [0.717, 1.165) is 29.4 Å². The van der Waals surface area contributed by atoms with Gasteiger partial charge in [-0.15, -0.1) is 0 Å². The van der Waals surface area contributed by atoms with Gasteiger partial charge in [-0.1, -0.05) is 51.1 Å². The molecular weight excluding hydrogens is 286 g/mol. The molecule has 0 amide bonds. The summed E-state index contributed by atoms with van der Waals surface area (Å²) in [5.41, 5.74) is 2.91. The number of allylic oxidation sites excluding steroid dienone is 1. The van der Waals surface area contributed by atoms with E-state index in [1.807, 2.05) is 30.5 Å². The van der Waals surface area contributed by atoms with Gasteiger partial charge in [-0.3, -0.25) is 4.57 Å². The number of para-hydroxylation sites is 1. The van der Waals surface area contributed by atoms with Crippen LogP contribution in [0.25, 0.3) is 10.9 Å². The Bertz CT molecular complexity index is 772. The van der Waals surface area contributed by atoms with Gasteiger partial charge >= 0.3 is 5.69 Å². The zero-order valence-electron chi connectivity index (χ0n) is 14.2. The second-order valence-electron chi connectivity index (χ2n) is 5.88. The molecule has 2 aromatic rings. The Balaban J connectivity index is 2.42. The fraction of sp³-hybridized carbons (Fsp3) is 0.368. The highest BCUT2D eigenvalue weighted by Gasteiger charge is 2.12. The quantitative estimate of drug-likeness (QED) is 0.842. The highest BCUT2D eigenvalue weighted by Crippen LogP contribution is 2.22. The molecule has 0 unspecified atom stereocenters. The van der Waals surface area contributed by atoms with Gasteiger partial charge in [0.25, 0.3) is 0 Å². The standard InChI is InChI=1S/C19H25N3O/c1-5-15(13-20-6-2)11-12-22-17-10-8-7-9-16(17)18(14(3)4)21-19(22)23/h6-10,13-14,20H,2,5,11-12H2,1,3-4H3/b15-13+. The SMILES string of the molecule is C=CN/C=C(\CC)CCn1c(=O)nc(C(C)C)c2ccccc21. The zero-order chi connectivity index (χ0) is 16.8. The Morgan fingerprint density at radius 3 is 2.78 bits per heavy atom. The van der Waals surface area contributed by atoms with Crippen molar-refractivity contribution in [1.82, 2.24) is 14.9 Å². The molecule has 2 rings (SSSR count). The second-order valence-corrected chi connectivity index (χ2v) is 5.88. The van der Waals surface area contributed by atoms with Crippen LogP contribution in [0.2, 0.25) is 0 Å². The van der Waals surface area contributed by atoms with Crippen LogP contribution in [-0.4, -0.2) is 9.55 Å². The third kappa shape index (κ3) is 3.89. The molecule has 0 aliphatic carbocycles. The van der Waals surface area contributed by atoms with Crippen molar-refractivity contribution in [2.24, 2.45) is 0 Å². The molecule has 0 aliphatic rings. The first-order valence-corrected chi connectivity index (χ1v) is 8.12. The molecule has 0 radical (unpaired) electrons. The van der Waals surface area contributed by atoms with Crippen LogP contribution in [0, 0.1) is 0 Å². The van der Waals surface area contributed by atoms with Gasteiger partial charge in [-0.05, 0) is 37.2 Å². The number of hydrogen-bond donors (Lipinski definition) is 1. The third-order valence-electron chi connectivity index (χ3n) is 3.98. The minimum absolute atomic E-state index is 0.167. The molecule has 0 bridgehead atoms. The second kappa shape index (κ2) is 7.77. The molecule has 0 spiro atoms. The number of rotatable bonds is 7. The summed E-state index contributed by atoms with van der Waals surface area (Å²) >= 11 is 0.